The molecule has 0 fully saturated rings. The van der Waals surface area contributed by atoms with Crippen molar-refractivity contribution in [3.8, 4) is 16.9 Å². The van der Waals surface area contributed by atoms with Gasteiger partial charge in [0.2, 0.25) is 5.91 Å². The molecule has 0 bridgehead atoms. The van der Waals surface area contributed by atoms with Crippen molar-refractivity contribution in [2.75, 3.05) is 6.54 Å². The maximum atomic E-state index is 12.3. The molecule has 7 heteroatoms. The zero-order valence-electron chi connectivity index (χ0n) is 16.9. The van der Waals surface area contributed by atoms with Gasteiger partial charge in [0.05, 0.1) is 11.4 Å². The number of rotatable bonds is 10. The molecule has 0 aliphatic heterocycles. The summed E-state index contributed by atoms with van der Waals surface area (Å²) in [6.07, 6.45) is 4.84. The largest absolute Gasteiger partial charge is 0.352 e. The van der Waals surface area contributed by atoms with Crippen molar-refractivity contribution in [1.82, 2.24) is 20.4 Å². The normalized spacial score (nSPS) is 10.5. The van der Waals surface area contributed by atoms with Crippen LogP contribution in [0.15, 0.2) is 66.9 Å². The first-order valence-electron chi connectivity index (χ1n) is 10.1. The summed E-state index contributed by atoms with van der Waals surface area (Å²) >= 11 is 0. The highest BCUT2D eigenvalue weighted by molar-refractivity contribution is 5.76. The summed E-state index contributed by atoms with van der Waals surface area (Å²) in [6, 6.07) is 19.4. The first-order valence-corrected chi connectivity index (χ1v) is 10.1. The number of nitrogens with two attached hydrogens (primary N) is 1. The van der Waals surface area contributed by atoms with Crippen molar-refractivity contribution in [3.05, 3.63) is 72.4 Å². The summed E-state index contributed by atoms with van der Waals surface area (Å²) in [4.78, 5) is 22.9. The predicted octanol–water partition coefficient (Wildman–Crippen LogP) is 3.38. The molecule has 0 radical (unpaired) electrons. The number of nitrogens with one attached hydrogen (secondary N) is 2. The fourth-order valence-corrected chi connectivity index (χ4v) is 3.17. The second kappa shape index (κ2) is 10.8. The monoisotopic (exact) mass is 405 g/mol. The Kier molecular flexibility index (Phi) is 7.60. The lowest BCUT2D eigenvalue weighted by molar-refractivity contribution is -0.121. The summed E-state index contributed by atoms with van der Waals surface area (Å²) < 4.78 is 1.84. The van der Waals surface area contributed by atoms with Gasteiger partial charge in [-0.3, -0.25) is 4.79 Å². The molecule has 1 aromatic heterocycles. The van der Waals surface area contributed by atoms with Gasteiger partial charge in [-0.15, -0.1) is 0 Å². The molecule has 156 valence electrons. The van der Waals surface area contributed by atoms with Gasteiger partial charge in [0.15, 0.2) is 0 Å². The van der Waals surface area contributed by atoms with E-state index in [1.807, 2.05) is 71.5 Å². The molecule has 0 aliphatic rings. The Balaban J connectivity index is 1.60. The van der Waals surface area contributed by atoms with E-state index in [1.54, 1.807) is 0 Å². The molecule has 0 spiro atoms. The lowest BCUT2D eigenvalue weighted by atomic mass is 10.1. The molecule has 0 saturated heterocycles. The minimum Gasteiger partial charge on any atom is -0.352 e. The summed E-state index contributed by atoms with van der Waals surface area (Å²) in [5, 5.41) is 10.3. The molecule has 0 aliphatic carbocycles. The van der Waals surface area contributed by atoms with E-state index in [0.717, 1.165) is 41.8 Å². The number of para-hydroxylation sites is 1. The van der Waals surface area contributed by atoms with Gasteiger partial charge < -0.3 is 16.4 Å². The Morgan fingerprint density at radius 1 is 0.900 bits per heavy atom. The van der Waals surface area contributed by atoms with Crippen molar-refractivity contribution in [2.24, 2.45) is 5.73 Å². The minimum atomic E-state index is -0.516. The molecule has 0 unspecified atom stereocenters. The molecule has 0 saturated carbocycles. The number of unbranched alkanes of at least 4 members (excludes halogenated alkanes) is 2. The Labute approximate surface area is 176 Å². The van der Waals surface area contributed by atoms with Crippen LogP contribution in [0.4, 0.5) is 4.79 Å². The van der Waals surface area contributed by atoms with E-state index < -0.39 is 6.03 Å². The van der Waals surface area contributed by atoms with Crippen molar-refractivity contribution in [1.29, 1.82) is 0 Å². The standard InChI is InChI=1S/C23H27N5O2/c24-23(30)25-15-9-3-8-14-21(29)26-16-19-17-28(20-12-6-2-7-13-20)27-22(19)18-10-4-1-5-11-18/h1-2,4-7,10-13,17H,3,8-9,14-16H2,(H,26,29)(H3,24,25,30). The minimum absolute atomic E-state index is 0.00401. The molecule has 30 heavy (non-hydrogen) atoms. The summed E-state index contributed by atoms with van der Waals surface area (Å²) in [5.74, 6) is 0.00401. The first-order chi connectivity index (χ1) is 14.6. The predicted molar refractivity (Wildman–Crippen MR) is 117 cm³/mol. The van der Waals surface area contributed by atoms with E-state index in [4.69, 9.17) is 10.8 Å². The van der Waals surface area contributed by atoms with Gasteiger partial charge in [-0.1, -0.05) is 55.0 Å². The first kappa shape index (κ1) is 21.1. The zero-order chi connectivity index (χ0) is 21.2. The number of carbonyl (C=O) groups is 2. The van der Waals surface area contributed by atoms with Crippen LogP contribution in [0.1, 0.15) is 31.2 Å². The van der Waals surface area contributed by atoms with Crippen molar-refractivity contribution in [2.45, 2.75) is 32.2 Å². The number of aromatic nitrogens is 2. The Morgan fingerprint density at radius 2 is 1.60 bits per heavy atom. The third-order valence-electron chi connectivity index (χ3n) is 4.71. The lowest BCUT2D eigenvalue weighted by Crippen LogP contribution is -2.30. The van der Waals surface area contributed by atoms with Crippen LogP contribution in [-0.2, 0) is 11.3 Å². The quantitative estimate of drug-likeness (QED) is 0.451. The lowest BCUT2D eigenvalue weighted by Gasteiger charge is -2.06. The molecule has 7 nitrogen and oxygen atoms in total. The van der Waals surface area contributed by atoms with Crippen molar-refractivity contribution < 1.29 is 9.59 Å². The average molecular weight is 406 g/mol. The molecule has 3 rings (SSSR count). The fraction of sp³-hybridized carbons (Fsp3) is 0.261. The topological polar surface area (TPSA) is 102 Å². The number of hydrogen-bond acceptors (Lipinski definition) is 3. The molecule has 1 heterocycles. The molecule has 0 atom stereocenters. The highest BCUT2D eigenvalue weighted by Crippen LogP contribution is 2.23. The van der Waals surface area contributed by atoms with Crippen LogP contribution in [0.2, 0.25) is 0 Å². The van der Waals surface area contributed by atoms with Gasteiger partial charge in [-0.2, -0.15) is 5.10 Å². The fourth-order valence-electron chi connectivity index (χ4n) is 3.17. The number of nitrogens with zero attached hydrogens (tertiary/aromatic N) is 2. The number of amides is 3. The smallest absolute Gasteiger partial charge is 0.312 e. The van der Waals surface area contributed by atoms with Crippen LogP contribution in [0.5, 0.6) is 0 Å². The number of primary amides is 1. The summed E-state index contributed by atoms with van der Waals surface area (Å²) in [6.45, 7) is 0.954. The maximum absolute atomic E-state index is 12.3. The van der Waals surface area contributed by atoms with Gasteiger partial charge >= 0.3 is 6.03 Å². The number of hydrogen-bond donors (Lipinski definition) is 3. The summed E-state index contributed by atoms with van der Waals surface area (Å²) in [5.41, 5.74) is 8.82. The number of carbonyl (C=O) groups excluding carboxylic acids is 2. The number of benzene rings is 2. The van der Waals surface area contributed by atoms with Crippen LogP contribution in [0, 0.1) is 0 Å². The Hall–Kier alpha value is -3.61. The molecule has 4 N–H and O–H groups in total. The van der Waals surface area contributed by atoms with Crippen molar-refractivity contribution >= 4 is 11.9 Å². The van der Waals surface area contributed by atoms with Crippen LogP contribution in [0.25, 0.3) is 16.9 Å². The van der Waals surface area contributed by atoms with Gasteiger partial charge in [-0.05, 0) is 25.0 Å². The van der Waals surface area contributed by atoms with E-state index in [2.05, 4.69) is 10.6 Å². The maximum Gasteiger partial charge on any atom is 0.312 e. The number of urea groups is 1. The molecule has 3 aromatic rings. The molecule has 2 aromatic carbocycles. The van der Waals surface area contributed by atoms with Gasteiger partial charge in [-0.25, -0.2) is 9.48 Å². The highest BCUT2D eigenvalue weighted by atomic mass is 16.2. The van der Waals surface area contributed by atoms with Crippen LogP contribution in [-0.4, -0.2) is 28.3 Å². The molecule has 3 amide bonds. The third-order valence-corrected chi connectivity index (χ3v) is 4.71. The van der Waals surface area contributed by atoms with E-state index in [-0.39, 0.29) is 5.91 Å². The Morgan fingerprint density at radius 3 is 2.30 bits per heavy atom. The highest BCUT2D eigenvalue weighted by Gasteiger charge is 2.13. The Bertz CT molecular complexity index is 954. The second-order valence-corrected chi connectivity index (χ2v) is 7.03. The van der Waals surface area contributed by atoms with E-state index in [9.17, 15) is 9.59 Å². The molecular formula is C23H27N5O2. The third kappa shape index (κ3) is 6.20. The van der Waals surface area contributed by atoms with Crippen LogP contribution in [0.3, 0.4) is 0 Å². The van der Waals surface area contributed by atoms with Crippen LogP contribution >= 0.6 is 0 Å². The molecular weight excluding hydrogens is 378 g/mol. The van der Waals surface area contributed by atoms with Crippen molar-refractivity contribution in [3.63, 3.8) is 0 Å². The van der Waals surface area contributed by atoms with Crippen LogP contribution < -0.4 is 16.4 Å². The van der Waals surface area contributed by atoms with Gasteiger partial charge in [0, 0.05) is 36.8 Å². The van der Waals surface area contributed by atoms with Gasteiger partial charge in [0.25, 0.3) is 0 Å². The SMILES string of the molecule is NC(=O)NCCCCCC(=O)NCc1cn(-c2ccccc2)nc1-c1ccccc1. The average Bonchev–Trinajstić information content (AvgIpc) is 3.20. The van der Waals surface area contributed by atoms with E-state index in [1.165, 1.54) is 0 Å². The summed E-state index contributed by atoms with van der Waals surface area (Å²) in [7, 11) is 0. The van der Waals surface area contributed by atoms with E-state index >= 15 is 0 Å². The van der Waals surface area contributed by atoms with Gasteiger partial charge in [0.1, 0.15) is 0 Å². The zero-order valence-corrected chi connectivity index (χ0v) is 16.9. The second-order valence-electron chi connectivity index (χ2n) is 7.03. The van der Waals surface area contributed by atoms with E-state index in [0.29, 0.717) is 19.5 Å².